The molecule has 146 heavy (non-hydrogen) atoms. The molecule has 1 aliphatic carbocycles. The van der Waals surface area contributed by atoms with Crippen molar-refractivity contribution < 1.29 is 8.83 Å². The fraction of sp³-hybridized carbons (Fsp3) is 0.0221. The van der Waals surface area contributed by atoms with Gasteiger partial charge in [0, 0.05) is 142 Å². The van der Waals surface area contributed by atoms with E-state index in [-0.39, 0.29) is 5.41 Å². The van der Waals surface area contributed by atoms with Crippen LogP contribution in [-0.2, 0) is 5.41 Å². The zero-order valence-electron chi connectivity index (χ0n) is 79.3. The van der Waals surface area contributed by atoms with E-state index < -0.39 is 0 Å². The Bertz CT molecular complexity index is 11300. The van der Waals surface area contributed by atoms with Crippen molar-refractivity contribution in [3.8, 4) is 62.5 Å². The van der Waals surface area contributed by atoms with Gasteiger partial charge in [0.1, 0.15) is 22.3 Å². The van der Waals surface area contributed by atoms with E-state index in [0.717, 1.165) is 159 Å². The second kappa shape index (κ2) is 31.4. The molecule has 32 aromatic rings. The third-order valence-electron chi connectivity index (χ3n) is 31.3. The van der Waals surface area contributed by atoms with Gasteiger partial charge in [-0.2, -0.15) is 0 Å². The van der Waals surface area contributed by atoms with Gasteiger partial charge in [-0.3, -0.25) is 14.1 Å². The average molecular weight is 1860 g/mol. The average Bonchev–Trinajstić information content (AvgIpc) is 1.49. The summed E-state index contributed by atoms with van der Waals surface area (Å²) in [6.45, 7) is 4.80. The van der Waals surface area contributed by atoms with Crippen molar-refractivity contribution in [1.82, 2.24) is 38.6 Å². The minimum Gasteiger partial charge on any atom is -0.455 e. The number of rotatable bonds is 6. The molecule has 0 saturated carbocycles. The minimum absolute atomic E-state index is 0.0953. The van der Waals surface area contributed by atoms with E-state index in [0.29, 0.717) is 11.9 Å². The van der Waals surface area contributed by atoms with Crippen LogP contribution >= 0.6 is 0 Å². The smallest absolute Gasteiger partial charge is 0.235 e. The molecule has 0 atom stereocenters. The number of hydrogen-bond acceptors (Lipinski definition) is 7. The van der Waals surface area contributed by atoms with Gasteiger partial charge < -0.3 is 13.4 Å². The molecule has 0 amide bonds. The minimum atomic E-state index is -0.0953. The van der Waals surface area contributed by atoms with Gasteiger partial charge >= 0.3 is 0 Å². The molecule has 0 fully saturated rings. The van der Waals surface area contributed by atoms with E-state index in [1.807, 2.05) is 36.5 Å². The Balaban J connectivity index is 0.000000101. The second-order valence-corrected chi connectivity index (χ2v) is 39.2. The summed E-state index contributed by atoms with van der Waals surface area (Å²) >= 11 is 0. The summed E-state index contributed by atoms with van der Waals surface area (Å²) in [4.78, 5) is 26.5. The summed E-state index contributed by atoms with van der Waals surface area (Å²) in [5, 5.41) is 38.1. The number of para-hydroxylation sites is 7. The van der Waals surface area contributed by atoms with E-state index in [2.05, 4.69) is 457 Å². The van der Waals surface area contributed by atoms with Gasteiger partial charge in [-0.1, -0.05) is 402 Å². The summed E-state index contributed by atoms with van der Waals surface area (Å²) in [5.41, 5.74) is 24.8. The number of benzene rings is 24. The molecule has 0 bridgehead atoms. The number of pyridine rings is 1. The molecule has 8 aromatic heterocycles. The molecule has 0 aliphatic heterocycles. The molecule has 0 saturated heterocycles. The van der Waals surface area contributed by atoms with E-state index in [1.165, 1.54) is 141 Å². The fourth-order valence-corrected chi connectivity index (χ4v) is 25.3. The van der Waals surface area contributed by atoms with E-state index >= 15 is 0 Å². The maximum atomic E-state index is 6.73. The molecule has 1 aliphatic rings. The first kappa shape index (κ1) is 81.5. The van der Waals surface area contributed by atoms with Gasteiger partial charge in [-0.15, -0.1) is 0 Å². The van der Waals surface area contributed by atoms with Crippen LogP contribution in [0.15, 0.2) is 470 Å². The summed E-state index contributed by atoms with van der Waals surface area (Å²) < 4.78 is 20.6. The highest BCUT2D eigenvalue weighted by atomic mass is 16.3. The molecular weight excluding hydrogens is 1780 g/mol. The van der Waals surface area contributed by atoms with Gasteiger partial charge in [-0.25, -0.2) is 19.9 Å². The molecule has 8 heterocycles. The lowest BCUT2D eigenvalue weighted by Gasteiger charge is -2.25. The van der Waals surface area contributed by atoms with Crippen molar-refractivity contribution in [3.63, 3.8) is 0 Å². The van der Waals surface area contributed by atoms with Gasteiger partial charge in [0.15, 0.2) is 0 Å². The fourth-order valence-electron chi connectivity index (χ4n) is 25.3. The quantitative estimate of drug-likeness (QED) is 0.153. The third-order valence-corrected chi connectivity index (χ3v) is 31.3. The Hall–Kier alpha value is -19.3. The van der Waals surface area contributed by atoms with Crippen LogP contribution in [0.5, 0.6) is 0 Å². The van der Waals surface area contributed by atoms with E-state index in [1.54, 1.807) is 0 Å². The number of nitrogens with zero attached hydrogens (tertiary/aromatic N) is 8. The molecule has 0 spiro atoms. The lowest BCUT2D eigenvalue weighted by atomic mass is 9.78. The predicted octanol–water partition coefficient (Wildman–Crippen LogP) is 36.3. The number of hydrogen-bond donors (Lipinski definition) is 0. The van der Waals surface area contributed by atoms with Crippen LogP contribution in [0.1, 0.15) is 25.0 Å². The van der Waals surface area contributed by atoms with Crippen molar-refractivity contribution in [2.45, 2.75) is 19.3 Å². The number of furan rings is 2. The number of fused-ring (bicyclic) bond motifs is 49. The zero-order valence-corrected chi connectivity index (χ0v) is 79.3. The Kier molecular flexibility index (Phi) is 17.5. The summed E-state index contributed by atoms with van der Waals surface area (Å²) in [5.74, 6) is 1.27. The van der Waals surface area contributed by atoms with Crippen molar-refractivity contribution in [1.29, 1.82) is 0 Å². The van der Waals surface area contributed by atoms with E-state index in [4.69, 9.17) is 28.8 Å². The number of aromatic nitrogens is 8. The SMILES string of the molecule is CC1(C)c2ccccc2-c2c1c1ccccc1c1c2c2ccccc2c2c3ccccc3n(-c3ccccc3)c21.c1ccc(-c2ccc(-c3nc(-n4c5ccccc5c5c6ccccc6c6c7c8ccccc8oc7c7ccccc7c6c54)nc4ccccc34)cc2)nc1.c1ccc(-c2nc(-n3c4ccccc4c4c5ccccc5c5c6c7ccccc7oc6c6ccccc6c5c43)nc3ccc4ccccc4c23)cc1. The second-order valence-electron chi connectivity index (χ2n) is 39.2. The van der Waals surface area contributed by atoms with Gasteiger partial charge in [0.05, 0.1) is 61.2 Å². The van der Waals surface area contributed by atoms with Crippen LogP contribution in [0.25, 0.3) is 301 Å². The Morgan fingerprint density at radius 1 is 0.226 bits per heavy atom. The van der Waals surface area contributed by atoms with Crippen LogP contribution in [0.2, 0.25) is 0 Å². The summed E-state index contributed by atoms with van der Waals surface area (Å²) in [6.07, 6.45) is 1.83. The van der Waals surface area contributed by atoms with Crippen molar-refractivity contribution >= 4 is 239 Å². The molecular formula is C136H82N8O2. The molecule has 33 rings (SSSR count). The molecule has 0 unspecified atom stereocenters. The molecule has 678 valence electrons. The normalized spacial score (nSPS) is 12.6. The van der Waals surface area contributed by atoms with Gasteiger partial charge in [0.25, 0.3) is 0 Å². The highest BCUT2D eigenvalue weighted by Gasteiger charge is 2.40. The highest BCUT2D eigenvalue weighted by molar-refractivity contribution is 6.47. The maximum absolute atomic E-state index is 6.73. The Morgan fingerprint density at radius 2 is 0.603 bits per heavy atom. The molecule has 10 heteroatoms. The van der Waals surface area contributed by atoms with Crippen LogP contribution in [0, 0.1) is 0 Å². The monoisotopic (exact) mass is 1860 g/mol. The first-order valence-corrected chi connectivity index (χ1v) is 50.0. The van der Waals surface area contributed by atoms with Crippen molar-refractivity contribution in [2.75, 3.05) is 0 Å². The lowest BCUT2D eigenvalue weighted by Crippen LogP contribution is -2.15. The summed E-state index contributed by atoms with van der Waals surface area (Å²) in [7, 11) is 0. The van der Waals surface area contributed by atoms with Gasteiger partial charge in [0.2, 0.25) is 11.9 Å². The predicted molar refractivity (Wildman–Crippen MR) is 610 cm³/mol. The molecule has 0 radical (unpaired) electrons. The zero-order chi connectivity index (χ0) is 95.8. The first-order chi connectivity index (χ1) is 72.3. The largest absolute Gasteiger partial charge is 0.455 e. The maximum Gasteiger partial charge on any atom is 0.235 e. The van der Waals surface area contributed by atoms with E-state index in [9.17, 15) is 0 Å². The van der Waals surface area contributed by atoms with Crippen LogP contribution in [-0.4, -0.2) is 38.6 Å². The molecule has 24 aromatic carbocycles. The topological polar surface area (TPSA) is 106 Å². The Morgan fingerprint density at radius 3 is 1.14 bits per heavy atom. The molecule has 10 nitrogen and oxygen atoms in total. The highest BCUT2D eigenvalue weighted by Crippen LogP contribution is 2.60. The first-order valence-electron chi connectivity index (χ1n) is 50.0. The summed E-state index contributed by atoms with van der Waals surface area (Å²) in [6, 6.07) is 162. The third kappa shape index (κ3) is 11.6. The van der Waals surface area contributed by atoms with Crippen molar-refractivity contribution in [3.05, 3.63) is 472 Å². The van der Waals surface area contributed by atoms with Crippen molar-refractivity contribution in [2.24, 2.45) is 0 Å². The molecule has 0 N–H and O–H groups in total. The lowest BCUT2D eigenvalue weighted by molar-refractivity contribution is 0.666. The van der Waals surface area contributed by atoms with Gasteiger partial charge in [-0.05, 0) is 154 Å². The van der Waals surface area contributed by atoms with Crippen LogP contribution in [0.3, 0.4) is 0 Å². The Labute approximate surface area is 834 Å². The standard InChI is InChI=1S/C49H28N4O.C48H27N3O.C39H27N/c1-2-14-32-31(13-1)42-36-18-6-9-22-40(36)53(47(42)44-33-15-3-4-16-34(33)48-45(43(32)44)37-19-7-10-23-41(37)54-48)49-51-39-21-8-5-17-35(39)46(52-49)30-26-24-29(25-27-30)38-20-11-12-28-50-38;1-2-15-29(16-3-1)45-41-30-17-5-4-14-28(30)26-27-37(41)49-48(50-45)51-38-24-12-10-22-35(38)40-31-18-6-7-19-32(31)42-43(46(40)51)33-20-8-9-21-34(33)47-44(42)36-23-11-13-25-39(36)52-47;1-39(2)31-22-12-10-20-29(31)35-34-26-17-7-6-16-25(26)33-30-21-11-13-23-32(30)40(24-14-4-3-5-15-24)38(33)36(34)27-18-8-9-19-28(27)37(35)39/h1-28H;1-27H;3-23H,1-2H3. The van der Waals surface area contributed by atoms with Crippen LogP contribution < -0.4 is 0 Å². The van der Waals surface area contributed by atoms with Crippen LogP contribution in [0.4, 0.5) is 0 Å².